The van der Waals surface area contributed by atoms with E-state index in [0.29, 0.717) is 11.1 Å². The zero-order valence-electron chi connectivity index (χ0n) is 15.9. The molecule has 1 aliphatic heterocycles. The molecule has 0 fully saturated rings. The van der Waals surface area contributed by atoms with Gasteiger partial charge in [-0.25, -0.2) is 0 Å². The van der Waals surface area contributed by atoms with Gasteiger partial charge in [-0.3, -0.25) is 14.5 Å². The van der Waals surface area contributed by atoms with Crippen molar-refractivity contribution in [2.24, 2.45) is 0 Å². The summed E-state index contributed by atoms with van der Waals surface area (Å²) in [4.78, 5) is 27.3. The third kappa shape index (κ3) is 3.29. The smallest absolute Gasteiger partial charge is 0.262 e. The van der Waals surface area contributed by atoms with Crippen molar-refractivity contribution in [3.05, 3.63) is 101 Å². The van der Waals surface area contributed by atoms with E-state index in [1.165, 1.54) is 4.90 Å². The number of imide groups is 1. The van der Waals surface area contributed by atoms with Crippen LogP contribution in [0, 0.1) is 13.8 Å². The van der Waals surface area contributed by atoms with Gasteiger partial charge in [-0.1, -0.05) is 48.5 Å². The minimum absolute atomic E-state index is 0.193. The van der Waals surface area contributed by atoms with Crippen molar-refractivity contribution in [1.29, 1.82) is 0 Å². The Hall–Kier alpha value is -3.40. The Morgan fingerprint density at radius 3 is 1.89 bits per heavy atom. The number of ether oxygens (including phenoxy) is 1. The molecule has 0 bridgehead atoms. The van der Waals surface area contributed by atoms with Crippen LogP contribution in [-0.2, 0) is 0 Å². The molecule has 0 saturated carbocycles. The first-order chi connectivity index (χ1) is 13.5. The average Bonchev–Trinajstić information content (AvgIpc) is 2.94. The van der Waals surface area contributed by atoms with Crippen molar-refractivity contribution in [1.82, 2.24) is 4.90 Å². The van der Waals surface area contributed by atoms with Gasteiger partial charge >= 0.3 is 0 Å². The topological polar surface area (TPSA) is 46.6 Å². The van der Waals surface area contributed by atoms with Crippen LogP contribution in [0.4, 0.5) is 0 Å². The van der Waals surface area contributed by atoms with Crippen molar-refractivity contribution >= 4 is 11.8 Å². The summed E-state index contributed by atoms with van der Waals surface area (Å²) in [7, 11) is 0. The number of hydrogen-bond acceptors (Lipinski definition) is 3. The van der Waals surface area contributed by atoms with Crippen molar-refractivity contribution in [3.8, 4) is 5.75 Å². The molecule has 1 heterocycles. The highest BCUT2D eigenvalue weighted by molar-refractivity contribution is 6.21. The van der Waals surface area contributed by atoms with Crippen LogP contribution in [0.25, 0.3) is 0 Å². The molecule has 3 aromatic rings. The lowest BCUT2D eigenvalue weighted by molar-refractivity contribution is 0.0529. The summed E-state index contributed by atoms with van der Waals surface area (Å²) in [5, 5.41) is 0. The van der Waals surface area contributed by atoms with Crippen LogP contribution in [0.5, 0.6) is 5.75 Å². The van der Waals surface area contributed by atoms with Gasteiger partial charge in [0.15, 0.2) is 0 Å². The summed E-state index contributed by atoms with van der Waals surface area (Å²) < 4.78 is 6.05. The predicted molar refractivity (Wildman–Crippen MR) is 108 cm³/mol. The van der Waals surface area contributed by atoms with Crippen LogP contribution in [0.1, 0.15) is 43.4 Å². The molecule has 0 saturated heterocycles. The molecule has 4 nitrogen and oxygen atoms in total. The van der Waals surface area contributed by atoms with Crippen molar-refractivity contribution in [2.75, 3.05) is 6.61 Å². The molecule has 2 amide bonds. The van der Waals surface area contributed by atoms with Crippen LogP contribution in [-0.4, -0.2) is 23.3 Å². The zero-order valence-corrected chi connectivity index (χ0v) is 15.9. The SMILES string of the molecule is Cc1cc(C)cc(OC[C@H](c2ccccc2)N2C(=O)c3ccccc3C2=O)c1. The number of carbonyl (C=O) groups excluding carboxylic acids is 2. The van der Waals surface area contributed by atoms with Crippen LogP contribution in [0.2, 0.25) is 0 Å². The largest absolute Gasteiger partial charge is 0.491 e. The van der Waals surface area contributed by atoms with E-state index in [1.807, 2.05) is 56.3 Å². The molecule has 4 rings (SSSR count). The first-order valence-electron chi connectivity index (χ1n) is 9.27. The lowest BCUT2D eigenvalue weighted by Gasteiger charge is -2.27. The summed E-state index contributed by atoms with van der Waals surface area (Å²) in [6.07, 6.45) is 0. The molecule has 0 unspecified atom stereocenters. The van der Waals surface area contributed by atoms with Gasteiger partial charge in [-0.2, -0.15) is 0 Å². The molecule has 1 atom stereocenters. The normalized spacial score (nSPS) is 14.1. The molecule has 0 N–H and O–H groups in total. The monoisotopic (exact) mass is 371 g/mol. The lowest BCUT2D eigenvalue weighted by Crippen LogP contribution is -2.37. The van der Waals surface area contributed by atoms with Gasteiger partial charge in [0.1, 0.15) is 12.4 Å². The molecular formula is C24H21NO3. The van der Waals surface area contributed by atoms with Gasteiger partial charge in [0.25, 0.3) is 11.8 Å². The molecule has 0 spiro atoms. The Kier molecular flexibility index (Phi) is 4.70. The van der Waals surface area contributed by atoms with E-state index in [-0.39, 0.29) is 18.4 Å². The summed E-state index contributed by atoms with van der Waals surface area (Å²) in [5.41, 5.74) is 3.96. The van der Waals surface area contributed by atoms with E-state index in [9.17, 15) is 9.59 Å². The highest BCUT2D eigenvalue weighted by Crippen LogP contribution is 2.32. The van der Waals surface area contributed by atoms with Crippen LogP contribution < -0.4 is 4.74 Å². The average molecular weight is 371 g/mol. The third-order valence-corrected chi connectivity index (χ3v) is 4.92. The molecule has 28 heavy (non-hydrogen) atoms. The van der Waals surface area contributed by atoms with Gasteiger partial charge in [-0.05, 0) is 54.8 Å². The summed E-state index contributed by atoms with van der Waals surface area (Å²) >= 11 is 0. The number of nitrogens with zero attached hydrogens (tertiary/aromatic N) is 1. The van der Waals surface area contributed by atoms with Gasteiger partial charge < -0.3 is 4.74 Å². The second-order valence-corrected chi connectivity index (χ2v) is 7.09. The Labute approximate surface area is 164 Å². The van der Waals surface area contributed by atoms with E-state index in [2.05, 4.69) is 6.07 Å². The summed E-state index contributed by atoms with van der Waals surface area (Å²) in [6.45, 7) is 4.22. The van der Waals surface area contributed by atoms with Crippen molar-refractivity contribution < 1.29 is 14.3 Å². The van der Waals surface area contributed by atoms with Gasteiger partial charge in [0.05, 0.1) is 17.2 Å². The lowest BCUT2D eigenvalue weighted by atomic mass is 10.1. The maximum atomic E-state index is 13.0. The molecule has 3 aromatic carbocycles. The number of rotatable bonds is 5. The molecule has 140 valence electrons. The fraction of sp³-hybridized carbons (Fsp3) is 0.167. The van der Waals surface area contributed by atoms with E-state index < -0.39 is 6.04 Å². The fourth-order valence-corrected chi connectivity index (χ4v) is 3.68. The first kappa shape index (κ1) is 18.0. The van der Waals surface area contributed by atoms with E-state index >= 15 is 0 Å². The van der Waals surface area contributed by atoms with Crippen molar-refractivity contribution in [3.63, 3.8) is 0 Å². The quantitative estimate of drug-likeness (QED) is 0.610. The first-order valence-corrected chi connectivity index (χ1v) is 9.27. The minimum atomic E-state index is -0.505. The maximum absolute atomic E-state index is 13.0. The number of fused-ring (bicyclic) bond motifs is 1. The maximum Gasteiger partial charge on any atom is 0.262 e. The molecular weight excluding hydrogens is 350 g/mol. The molecule has 0 aromatic heterocycles. The molecule has 0 radical (unpaired) electrons. The van der Waals surface area contributed by atoms with Crippen LogP contribution >= 0.6 is 0 Å². The highest BCUT2D eigenvalue weighted by Gasteiger charge is 2.40. The van der Waals surface area contributed by atoms with Crippen LogP contribution in [0.15, 0.2) is 72.8 Å². The molecule has 0 aliphatic carbocycles. The second kappa shape index (κ2) is 7.31. The molecule has 4 heteroatoms. The Morgan fingerprint density at radius 1 is 0.786 bits per heavy atom. The van der Waals surface area contributed by atoms with Gasteiger partial charge in [-0.15, -0.1) is 0 Å². The van der Waals surface area contributed by atoms with Gasteiger partial charge in [0, 0.05) is 0 Å². The number of amides is 2. The summed E-state index contributed by atoms with van der Waals surface area (Å²) in [6, 6.07) is 22.0. The fourth-order valence-electron chi connectivity index (χ4n) is 3.68. The van der Waals surface area contributed by atoms with Crippen LogP contribution in [0.3, 0.4) is 0 Å². The number of aryl methyl sites for hydroxylation is 2. The predicted octanol–water partition coefficient (Wildman–Crippen LogP) is 4.72. The third-order valence-electron chi connectivity index (χ3n) is 4.92. The second-order valence-electron chi connectivity index (χ2n) is 7.09. The summed E-state index contributed by atoms with van der Waals surface area (Å²) in [5.74, 6) is 0.173. The number of hydrogen-bond donors (Lipinski definition) is 0. The van der Waals surface area contributed by atoms with E-state index in [4.69, 9.17) is 4.74 Å². The molecule has 1 aliphatic rings. The standard InChI is InChI=1S/C24H21NO3/c1-16-12-17(2)14-19(13-16)28-15-22(18-8-4-3-5-9-18)25-23(26)20-10-6-7-11-21(20)24(25)27/h3-14,22H,15H2,1-2H3/t22-/m1/s1. The Morgan fingerprint density at radius 2 is 1.32 bits per heavy atom. The van der Waals surface area contributed by atoms with Gasteiger partial charge in [0.2, 0.25) is 0 Å². The van der Waals surface area contributed by atoms with E-state index in [0.717, 1.165) is 22.4 Å². The van der Waals surface area contributed by atoms with E-state index in [1.54, 1.807) is 24.3 Å². The highest BCUT2D eigenvalue weighted by atomic mass is 16.5. The van der Waals surface area contributed by atoms with Crippen molar-refractivity contribution in [2.45, 2.75) is 19.9 Å². The zero-order chi connectivity index (χ0) is 19.7. The number of benzene rings is 3. The minimum Gasteiger partial charge on any atom is -0.491 e. The Bertz CT molecular complexity index is 987. The Balaban J connectivity index is 1.67. The number of carbonyl (C=O) groups is 2.